The van der Waals surface area contributed by atoms with Crippen molar-refractivity contribution in [3.63, 3.8) is 0 Å². The Hall–Kier alpha value is -1.35. The number of aliphatic hydroxyl groups excluding tert-OH is 1. The van der Waals surface area contributed by atoms with E-state index >= 15 is 0 Å². The quantitative estimate of drug-likeness (QED) is 0.717. The van der Waals surface area contributed by atoms with Crippen LogP contribution in [-0.2, 0) is 7.05 Å². The number of aliphatic hydroxyl groups is 1. The third-order valence-corrected chi connectivity index (χ3v) is 2.23. The molecular weight excluding hydrogens is 164 g/mol. The summed E-state index contributed by atoms with van der Waals surface area (Å²) in [5.41, 5.74) is 2.93. The number of rotatable bonds is 1. The molecule has 0 aliphatic carbocycles. The number of imidazole rings is 1. The van der Waals surface area contributed by atoms with Gasteiger partial charge in [0.25, 0.3) is 0 Å². The molecule has 0 amide bonds. The monoisotopic (exact) mass is 176 g/mol. The Morgan fingerprint density at radius 1 is 1.46 bits per heavy atom. The second-order valence-electron chi connectivity index (χ2n) is 3.28. The molecule has 2 rings (SSSR count). The average molecular weight is 176 g/mol. The molecule has 0 aliphatic heterocycles. The zero-order chi connectivity index (χ0) is 9.42. The van der Waals surface area contributed by atoms with E-state index in [1.54, 1.807) is 13.3 Å². The smallest absolute Gasteiger partial charge is 0.0955 e. The lowest BCUT2D eigenvalue weighted by Gasteiger charge is -2.03. The molecule has 3 nitrogen and oxygen atoms in total. The van der Waals surface area contributed by atoms with Crippen LogP contribution in [0, 0.1) is 0 Å². The van der Waals surface area contributed by atoms with E-state index in [0.29, 0.717) is 0 Å². The highest BCUT2D eigenvalue weighted by Crippen LogP contribution is 2.18. The number of nitrogens with zero attached hydrogens (tertiary/aromatic N) is 2. The molecule has 0 radical (unpaired) electrons. The van der Waals surface area contributed by atoms with Crippen molar-refractivity contribution in [1.82, 2.24) is 9.55 Å². The van der Waals surface area contributed by atoms with Gasteiger partial charge in [-0.2, -0.15) is 0 Å². The number of fused-ring (bicyclic) bond motifs is 1. The molecule has 13 heavy (non-hydrogen) atoms. The van der Waals surface area contributed by atoms with Crippen LogP contribution in [0.2, 0.25) is 0 Å². The standard InChI is InChI=1S/C10H12N2O/c1-7(13)8-3-4-10-9(5-8)11-6-12(10)2/h3-7,13H,1-2H3/t7-/m1/s1. The minimum absolute atomic E-state index is 0.425. The Morgan fingerprint density at radius 2 is 2.23 bits per heavy atom. The summed E-state index contributed by atoms with van der Waals surface area (Å²) in [5, 5.41) is 9.36. The molecule has 1 heterocycles. The molecule has 1 atom stereocenters. The predicted molar refractivity (Wildman–Crippen MR) is 51.3 cm³/mol. The number of aryl methyl sites for hydroxylation is 1. The van der Waals surface area contributed by atoms with E-state index in [1.807, 2.05) is 29.8 Å². The van der Waals surface area contributed by atoms with Crippen molar-refractivity contribution < 1.29 is 5.11 Å². The van der Waals surface area contributed by atoms with Gasteiger partial charge >= 0.3 is 0 Å². The van der Waals surface area contributed by atoms with Gasteiger partial charge in [0.15, 0.2) is 0 Å². The zero-order valence-electron chi connectivity index (χ0n) is 7.73. The molecule has 3 heteroatoms. The van der Waals surface area contributed by atoms with E-state index in [4.69, 9.17) is 0 Å². The first-order valence-electron chi connectivity index (χ1n) is 4.27. The zero-order valence-corrected chi connectivity index (χ0v) is 7.73. The van der Waals surface area contributed by atoms with Crippen molar-refractivity contribution in [2.45, 2.75) is 13.0 Å². The fourth-order valence-electron chi connectivity index (χ4n) is 1.41. The van der Waals surface area contributed by atoms with E-state index in [1.165, 1.54) is 0 Å². The van der Waals surface area contributed by atoms with Crippen LogP contribution in [0.15, 0.2) is 24.5 Å². The van der Waals surface area contributed by atoms with Gasteiger partial charge in [-0.1, -0.05) is 6.07 Å². The predicted octanol–water partition coefficient (Wildman–Crippen LogP) is 1.63. The second-order valence-corrected chi connectivity index (χ2v) is 3.28. The topological polar surface area (TPSA) is 38.1 Å². The summed E-state index contributed by atoms with van der Waals surface area (Å²) < 4.78 is 1.96. The van der Waals surface area contributed by atoms with Crippen LogP contribution >= 0.6 is 0 Å². The van der Waals surface area contributed by atoms with Crippen LogP contribution in [-0.4, -0.2) is 14.7 Å². The lowest BCUT2D eigenvalue weighted by Crippen LogP contribution is -1.90. The fraction of sp³-hybridized carbons (Fsp3) is 0.300. The lowest BCUT2D eigenvalue weighted by atomic mass is 10.1. The molecule has 0 saturated carbocycles. The minimum Gasteiger partial charge on any atom is -0.389 e. The van der Waals surface area contributed by atoms with E-state index in [0.717, 1.165) is 16.6 Å². The summed E-state index contributed by atoms with van der Waals surface area (Å²) in [6, 6.07) is 5.82. The first-order valence-corrected chi connectivity index (χ1v) is 4.27. The Kier molecular flexibility index (Phi) is 1.81. The maximum Gasteiger partial charge on any atom is 0.0955 e. The van der Waals surface area contributed by atoms with E-state index < -0.39 is 6.10 Å². The summed E-state index contributed by atoms with van der Waals surface area (Å²) in [7, 11) is 1.96. The Morgan fingerprint density at radius 3 is 2.92 bits per heavy atom. The van der Waals surface area contributed by atoms with E-state index in [2.05, 4.69) is 4.98 Å². The van der Waals surface area contributed by atoms with Crippen LogP contribution in [0.25, 0.3) is 11.0 Å². The maximum absolute atomic E-state index is 9.36. The van der Waals surface area contributed by atoms with Crippen molar-refractivity contribution in [3.8, 4) is 0 Å². The van der Waals surface area contributed by atoms with Crippen LogP contribution in [0.3, 0.4) is 0 Å². The van der Waals surface area contributed by atoms with Gasteiger partial charge in [0.1, 0.15) is 0 Å². The van der Waals surface area contributed by atoms with Crippen LogP contribution in [0.4, 0.5) is 0 Å². The van der Waals surface area contributed by atoms with Crippen molar-refractivity contribution in [2.75, 3.05) is 0 Å². The van der Waals surface area contributed by atoms with Gasteiger partial charge < -0.3 is 9.67 Å². The average Bonchev–Trinajstić information content (AvgIpc) is 2.47. The molecule has 0 saturated heterocycles. The van der Waals surface area contributed by atoms with Gasteiger partial charge in [-0.15, -0.1) is 0 Å². The van der Waals surface area contributed by atoms with Gasteiger partial charge in [-0.3, -0.25) is 0 Å². The molecule has 0 fully saturated rings. The number of hydrogen-bond donors (Lipinski definition) is 1. The SMILES string of the molecule is C[C@@H](O)c1ccc2c(c1)ncn2C. The fourth-order valence-corrected chi connectivity index (χ4v) is 1.41. The van der Waals surface area contributed by atoms with E-state index in [-0.39, 0.29) is 0 Å². The Balaban J connectivity index is 2.63. The third kappa shape index (κ3) is 1.31. The van der Waals surface area contributed by atoms with Crippen molar-refractivity contribution in [2.24, 2.45) is 7.05 Å². The third-order valence-electron chi connectivity index (χ3n) is 2.23. The molecule has 1 aromatic carbocycles. The normalized spacial score (nSPS) is 13.5. The van der Waals surface area contributed by atoms with Crippen molar-refractivity contribution in [3.05, 3.63) is 30.1 Å². The summed E-state index contributed by atoms with van der Waals surface area (Å²) in [5.74, 6) is 0. The van der Waals surface area contributed by atoms with Gasteiger partial charge in [0.2, 0.25) is 0 Å². The van der Waals surface area contributed by atoms with Gasteiger partial charge in [-0.25, -0.2) is 4.98 Å². The number of benzene rings is 1. The highest BCUT2D eigenvalue weighted by molar-refractivity contribution is 5.76. The molecule has 2 aromatic rings. The van der Waals surface area contributed by atoms with Gasteiger partial charge in [0.05, 0.1) is 23.5 Å². The Labute approximate surface area is 76.6 Å². The maximum atomic E-state index is 9.36. The lowest BCUT2D eigenvalue weighted by molar-refractivity contribution is 0.199. The molecular formula is C10H12N2O. The molecule has 0 bridgehead atoms. The first-order chi connectivity index (χ1) is 6.18. The van der Waals surface area contributed by atoms with Crippen LogP contribution in [0.5, 0.6) is 0 Å². The summed E-state index contributed by atoms with van der Waals surface area (Å²) >= 11 is 0. The number of aromatic nitrogens is 2. The number of hydrogen-bond acceptors (Lipinski definition) is 2. The van der Waals surface area contributed by atoms with Crippen LogP contribution in [0.1, 0.15) is 18.6 Å². The minimum atomic E-state index is -0.425. The molecule has 0 unspecified atom stereocenters. The molecule has 68 valence electrons. The van der Waals surface area contributed by atoms with Gasteiger partial charge in [-0.05, 0) is 24.6 Å². The molecule has 1 aromatic heterocycles. The first kappa shape index (κ1) is 8.26. The van der Waals surface area contributed by atoms with Crippen molar-refractivity contribution >= 4 is 11.0 Å². The second kappa shape index (κ2) is 2.85. The van der Waals surface area contributed by atoms with Gasteiger partial charge in [0, 0.05) is 7.05 Å². The van der Waals surface area contributed by atoms with Crippen LogP contribution < -0.4 is 0 Å². The summed E-state index contributed by atoms with van der Waals surface area (Å²) in [6.45, 7) is 1.75. The highest BCUT2D eigenvalue weighted by atomic mass is 16.3. The summed E-state index contributed by atoms with van der Waals surface area (Å²) in [4.78, 5) is 4.21. The molecule has 0 aliphatic rings. The largest absolute Gasteiger partial charge is 0.389 e. The summed E-state index contributed by atoms with van der Waals surface area (Å²) in [6.07, 6.45) is 1.35. The van der Waals surface area contributed by atoms with E-state index in [9.17, 15) is 5.11 Å². The molecule has 1 N–H and O–H groups in total. The Bertz CT molecular complexity index is 431. The van der Waals surface area contributed by atoms with Crippen molar-refractivity contribution in [1.29, 1.82) is 0 Å². The highest BCUT2D eigenvalue weighted by Gasteiger charge is 2.04. The molecule has 0 spiro atoms.